The highest BCUT2D eigenvalue weighted by atomic mass is 31.2. The summed E-state index contributed by atoms with van der Waals surface area (Å²) in [5.41, 5.74) is 0. The van der Waals surface area contributed by atoms with Crippen LogP contribution in [0.5, 0.6) is 0 Å². The van der Waals surface area contributed by atoms with E-state index < -0.39 is 97.5 Å². The van der Waals surface area contributed by atoms with E-state index in [0.717, 1.165) is 108 Å². The zero-order chi connectivity index (χ0) is 78.6. The first-order valence-electron chi connectivity index (χ1n) is 45.3. The molecule has 0 aliphatic rings. The summed E-state index contributed by atoms with van der Waals surface area (Å²) in [6, 6.07) is 0. The molecule has 107 heavy (non-hydrogen) atoms. The standard InChI is InChI=1S/C88H172O17P2/c1-8-9-10-11-12-13-14-15-16-24-30-35-42-50-57-64-71-88(93)105-84(76-99-86(91)70-63-56-49-44-37-40-47-54-61-68-81(6)7)78-103-107(96,97)101-74-82(89)73-100-106(94,95)102-77-83(75-98-85(90)69-62-55-48-41-34-29-26-21-23-28-33-39-46-53-60-67-80(4)5)104-87(92)72-65-58-51-43-36-31-25-20-18-17-19-22-27-32-38-45-52-59-66-79(2)3/h79-84,89H,8-78H2,1-7H3,(H,94,95)(H,96,97)/t82-,83-,84-/m1/s1. The van der Waals surface area contributed by atoms with Crippen molar-refractivity contribution >= 4 is 39.5 Å². The topological polar surface area (TPSA) is 237 Å². The number of esters is 4. The first kappa shape index (κ1) is 105. The van der Waals surface area contributed by atoms with Gasteiger partial charge < -0.3 is 33.8 Å². The monoisotopic (exact) mass is 1560 g/mol. The van der Waals surface area contributed by atoms with E-state index in [-0.39, 0.29) is 25.7 Å². The minimum atomic E-state index is -4.97. The van der Waals surface area contributed by atoms with Gasteiger partial charge in [-0.05, 0) is 43.4 Å². The normalized spacial score (nSPS) is 13.8. The predicted molar refractivity (Wildman–Crippen MR) is 441 cm³/mol. The van der Waals surface area contributed by atoms with E-state index in [1.807, 2.05) is 0 Å². The molecule has 636 valence electrons. The largest absolute Gasteiger partial charge is 0.472 e. The van der Waals surface area contributed by atoms with Gasteiger partial charge in [0.15, 0.2) is 12.2 Å². The molecule has 0 aromatic carbocycles. The van der Waals surface area contributed by atoms with Crippen LogP contribution < -0.4 is 0 Å². The molecule has 3 N–H and O–H groups in total. The maximum absolute atomic E-state index is 13.2. The van der Waals surface area contributed by atoms with Gasteiger partial charge in [0.05, 0.1) is 26.4 Å². The summed E-state index contributed by atoms with van der Waals surface area (Å²) in [5.74, 6) is 0.270. The van der Waals surface area contributed by atoms with Gasteiger partial charge >= 0.3 is 39.5 Å². The summed E-state index contributed by atoms with van der Waals surface area (Å²) in [6.07, 6.45) is 69.4. The van der Waals surface area contributed by atoms with Crippen LogP contribution in [0.1, 0.15) is 466 Å². The lowest BCUT2D eigenvalue weighted by Gasteiger charge is -2.21. The number of aliphatic hydroxyl groups excluding tert-OH is 1. The molecule has 0 heterocycles. The summed E-state index contributed by atoms with van der Waals surface area (Å²) < 4.78 is 69.0. The Morgan fingerprint density at radius 3 is 0.636 bits per heavy atom. The van der Waals surface area contributed by atoms with E-state index in [1.54, 1.807) is 0 Å². The van der Waals surface area contributed by atoms with E-state index in [0.29, 0.717) is 25.7 Å². The molecule has 0 fully saturated rings. The second-order valence-electron chi connectivity index (χ2n) is 33.1. The van der Waals surface area contributed by atoms with Gasteiger partial charge in [-0.2, -0.15) is 0 Å². The highest BCUT2D eigenvalue weighted by Crippen LogP contribution is 2.45. The van der Waals surface area contributed by atoms with E-state index in [1.165, 1.54) is 276 Å². The van der Waals surface area contributed by atoms with Gasteiger partial charge in [-0.3, -0.25) is 37.3 Å². The SMILES string of the molecule is CCCCCCCCCCCCCCCCCCC(=O)O[C@H](COC(=O)CCCCCCCCCCCC(C)C)COP(=O)(O)OC[C@H](O)COP(=O)(O)OC[C@@H](COC(=O)CCCCCCCCCCCCCCCCCC(C)C)OC(=O)CCCCCCCCCCCCCCCCCCCCC(C)C. The lowest BCUT2D eigenvalue weighted by atomic mass is 10.0. The second kappa shape index (κ2) is 78.0. The van der Waals surface area contributed by atoms with E-state index in [9.17, 15) is 43.2 Å². The molecule has 0 aliphatic carbocycles. The van der Waals surface area contributed by atoms with Gasteiger partial charge in [-0.25, -0.2) is 9.13 Å². The number of aliphatic hydroxyl groups is 1. The lowest BCUT2D eigenvalue weighted by molar-refractivity contribution is -0.161. The number of ether oxygens (including phenoxy) is 4. The van der Waals surface area contributed by atoms with Gasteiger partial charge in [0, 0.05) is 25.7 Å². The third-order valence-electron chi connectivity index (χ3n) is 20.6. The number of carbonyl (C=O) groups is 4. The van der Waals surface area contributed by atoms with Crippen molar-refractivity contribution in [3.05, 3.63) is 0 Å². The molecule has 0 saturated heterocycles. The molecule has 0 rings (SSSR count). The molecule has 17 nitrogen and oxygen atoms in total. The minimum Gasteiger partial charge on any atom is -0.462 e. The first-order valence-corrected chi connectivity index (χ1v) is 48.3. The third-order valence-corrected chi connectivity index (χ3v) is 22.5. The molecule has 0 spiro atoms. The number of carbonyl (C=O) groups excluding carboxylic acids is 4. The molecule has 0 radical (unpaired) electrons. The smallest absolute Gasteiger partial charge is 0.462 e. The fourth-order valence-corrected chi connectivity index (χ4v) is 15.3. The number of phosphoric acid groups is 2. The number of rotatable bonds is 86. The zero-order valence-corrected chi connectivity index (χ0v) is 72.4. The Morgan fingerprint density at radius 1 is 0.252 bits per heavy atom. The maximum Gasteiger partial charge on any atom is 0.472 e. The molecule has 0 saturated carbocycles. The van der Waals surface area contributed by atoms with Crippen molar-refractivity contribution in [2.24, 2.45) is 17.8 Å². The summed E-state index contributed by atoms with van der Waals surface area (Å²) in [4.78, 5) is 73.3. The van der Waals surface area contributed by atoms with Crippen LogP contribution in [-0.4, -0.2) is 96.7 Å². The number of phosphoric ester groups is 2. The molecule has 0 aliphatic heterocycles. The molecule has 0 amide bonds. The van der Waals surface area contributed by atoms with Crippen molar-refractivity contribution in [2.75, 3.05) is 39.6 Å². The zero-order valence-electron chi connectivity index (χ0n) is 70.6. The Labute approximate surface area is 658 Å². The number of hydrogen-bond donors (Lipinski definition) is 3. The Morgan fingerprint density at radius 2 is 0.430 bits per heavy atom. The van der Waals surface area contributed by atoms with Crippen molar-refractivity contribution in [3.63, 3.8) is 0 Å². The van der Waals surface area contributed by atoms with Crippen molar-refractivity contribution < 1.29 is 80.2 Å². The van der Waals surface area contributed by atoms with Crippen LogP contribution in [0, 0.1) is 17.8 Å². The van der Waals surface area contributed by atoms with E-state index in [4.69, 9.17) is 37.0 Å². The lowest BCUT2D eigenvalue weighted by Crippen LogP contribution is -2.30. The van der Waals surface area contributed by atoms with E-state index in [2.05, 4.69) is 48.5 Å². The molecular formula is C88H172O17P2. The number of hydrogen-bond acceptors (Lipinski definition) is 15. The van der Waals surface area contributed by atoms with Gasteiger partial charge in [0.2, 0.25) is 0 Å². The minimum absolute atomic E-state index is 0.108. The molecule has 5 atom stereocenters. The fraction of sp³-hybridized carbons (Fsp3) is 0.955. The van der Waals surface area contributed by atoms with Crippen LogP contribution in [0.25, 0.3) is 0 Å². The number of unbranched alkanes of at least 4 members (excludes halogenated alkanes) is 54. The van der Waals surface area contributed by atoms with Crippen molar-refractivity contribution in [2.45, 2.75) is 484 Å². The van der Waals surface area contributed by atoms with Crippen LogP contribution in [0.15, 0.2) is 0 Å². The molecular weight excluding hydrogens is 1390 g/mol. The van der Waals surface area contributed by atoms with Crippen molar-refractivity contribution in [1.82, 2.24) is 0 Å². The van der Waals surface area contributed by atoms with Crippen LogP contribution in [0.4, 0.5) is 0 Å². The fourth-order valence-electron chi connectivity index (χ4n) is 13.7. The third kappa shape index (κ3) is 81.9. The van der Waals surface area contributed by atoms with Crippen LogP contribution in [0.3, 0.4) is 0 Å². The van der Waals surface area contributed by atoms with Crippen LogP contribution in [0.2, 0.25) is 0 Å². The highest BCUT2D eigenvalue weighted by molar-refractivity contribution is 7.47. The maximum atomic E-state index is 13.2. The summed E-state index contributed by atoms with van der Waals surface area (Å²) in [5, 5.41) is 10.7. The van der Waals surface area contributed by atoms with Crippen molar-refractivity contribution in [3.8, 4) is 0 Å². The molecule has 0 aromatic heterocycles. The second-order valence-corrected chi connectivity index (χ2v) is 36.0. The van der Waals surface area contributed by atoms with Gasteiger partial charge in [-0.15, -0.1) is 0 Å². The average molecular weight is 1560 g/mol. The van der Waals surface area contributed by atoms with Crippen LogP contribution in [-0.2, 0) is 65.4 Å². The molecule has 2 unspecified atom stereocenters. The summed E-state index contributed by atoms with van der Waals surface area (Å²) >= 11 is 0. The van der Waals surface area contributed by atoms with Crippen molar-refractivity contribution in [1.29, 1.82) is 0 Å². The van der Waals surface area contributed by atoms with Crippen LogP contribution >= 0.6 is 15.6 Å². The average Bonchev–Trinajstić information content (AvgIpc) is 0.900. The Bertz CT molecular complexity index is 2060. The first-order chi connectivity index (χ1) is 51.7. The van der Waals surface area contributed by atoms with Gasteiger partial charge in [0.25, 0.3) is 0 Å². The molecule has 0 bridgehead atoms. The molecule has 0 aromatic rings. The quantitative estimate of drug-likeness (QED) is 0.0222. The summed E-state index contributed by atoms with van der Waals surface area (Å²) in [7, 11) is -9.93. The Hall–Kier alpha value is -1.94. The Kier molecular flexibility index (Phi) is 76.6. The Balaban J connectivity index is 5.25. The van der Waals surface area contributed by atoms with E-state index >= 15 is 0 Å². The van der Waals surface area contributed by atoms with Gasteiger partial charge in [0.1, 0.15) is 19.3 Å². The molecule has 19 heteroatoms. The van der Waals surface area contributed by atoms with Gasteiger partial charge in [-0.1, -0.05) is 414 Å². The highest BCUT2D eigenvalue weighted by Gasteiger charge is 2.31. The summed E-state index contributed by atoms with van der Waals surface area (Å²) in [6.45, 7) is 12.0. The predicted octanol–water partition coefficient (Wildman–Crippen LogP) is 26.9.